The highest BCUT2D eigenvalue weighted by Gasteiger charge is 2.24. The van der Waals surface area contributed by atoms with Gasteiger partial charge in [-0.05, 0) is 39.9 Å². The van der Waals surface area contributed by atoms with Crippen LogP contribution in [0.5, 0.6) is 0 Å². The summed E-state index contributed by atoms with van der Waals surface area (Å²) < 4.78 is 2.05. The van der Waals surface area contributed by atoms with Gasteiger partial charge in [-0.1, -0.05) is 78.9 Å². The van der Waals surface area contributed by atoms with E-state index in [4.69, 9.17) is 16.9 Å². The molecule has 0 saturated carbocycles. The number of rotatable bonds is 8. The molecule has 0 spiro atoms. The third-order valence-corrected chi connectivity index (χ3v) is 6.72. The number of nitrogens with zero attached hydrogens (tertiary/aromatic N) is 1. The molecule has 7 heteroatoms. The first-order valence-electron chi connectivity index (χ1n) is 12.1. The van der Waals surface area contributed by atoms with Gasteiger partial charge in [0, 0.05) is 41.2 Å². The molecule has 0 unspecified atom stereocenters. The summed E-state index contributed by atoms with van der Waals surface area (Å²) in [7, 11) is 0. The Kier molecular flexibility index (Phi) is 6.49. The molecule has 0 aliphatic carbocycles. The number of nitrogen functional groups attached to an aromatic ring is 1. The molecule has 38 heavy (non-hydrogen) atoms. The number of hydrogen-bond acceptors (Lipinski definition) is 3. The highest BCUT2D eigenvalue weighted by atomic mass is 16.4. The zero-order chi connectivity index (χ0) is 26.8. The molecule has 4 aromatic carbocycles. The summed E-state index contributed by atoms with van der Waals surface area (Å²) in [5, 5.41) is 19.1. The van der Waals surface area contributed by atoms with Crippen LogP contribution in [0.25, 0.3) is 22.0 Å². The summed E-state index contributed by atoms with van der Waals surface area (Å²) in [6, 6.07) is 27.9. The van der Waals surface area contributed by atoms with Gasteiger partial charge in [0.1, 0.15) is 5.84 Å². The molecular weight excluding hydrogens is 476 g/mol. The van der Waals surface area contributed by atoms with Crippen molar-refractivity contribution >= 4 is 28.6 Å². The zero-order valence-electron chi connectivity index (χ0n) is 20.5. The minimum Gasteiger partial charge on any atom is -0.478 e. The van der Waals surface area contributed by atoms with Crippen LogP contribution in [0.1, 0.15) is 43.0 Å². The van der Waals surface area contributed by atoms with Crippen molar-refractivity contribution in [3.63, 3.8) is 0 Å². The lowest BCUT2D eigenvalue weighted by Gasteiger charge is -2.15. The predicted molar refractivity (Wildman–Crippen MR) is 149 cm³/mol. The van der Waals surface area contributed by atoms with Gasteiger partial charge in [-0.15, -0.1) is 0 Å². The van der Waals surface area contributed by atoms with Gasteiger partial charge in [-0.3, -0.25) is 10.2 Å². The average molecular weight is 503 g/mol. The topological polar surface area (TPSA) is 135 Å². The maximum atomic E-state index is 12.6. The SMILES string of the molecule is N=C(N)c1ccc2c(Cc3c(C(N)=O)ccc(-c4ccccc4)c3C(=O)O)cn(Cc3ccccc3)c2c1. The van der Waals surface area contributed by atoms with Crippen LogP contribution >= 0.6 is 0 Å². The highest BCUT2D eigenvalue weighted by Crippen LogP contribution is 2.33. The second kappa shape index (κ2) is 10.1. The van der Waals surface area contributed by atoms with E-state index < -0.39 is 11.9 Å². The molecule has 1 aromatic heterocycles. The number of nitrogens with one attached hydrogen (secondary N) is 1. The maximum Gasteiger partial charge on any atom is 0.336 e. The number of benzene rings is 4. The third-order valence-electron chi connectivity index (χ3n) is 6.72. The molecule has 188 valence electrons. The van der Waals surface area contributed by atoms with E-state index in [-0.39, 0.29) is 23.4 Å². The fraction of sp³-hybridized carbons (Fsp3) is 0.0645. The van der Waals surface area contributed by atoms with Gasteiger partial charge >= 0.3 is 5.97 Å². The van der Waals surface area contributed by atoms with E-state index in [1.807, 2.05) is 79.0 Å². The summed E-state index contributed by atoms with van der Waals surface area (Å²) in [6.07, 6.45) is 2.14. The number of nitrogens with two attached hydrogens (primary N) is 2. The van der Waals surface area contributed by atoms with Crippen LogP contribution in [-0.4, -0.2) is 27.4 Å². The molecule has 0 fully saturated rings. The summed E-state index contributed by atoms with van der Waals surface area (Å²) in [6.45, 7) is 0.567. The number of aromatic carboxylic acids is 1. The number of amides is 1. The maximum absolute atomic E-state index is 12.6. The lowest BCUT2D eigenvalue weighted by Crippen LogP contribution is -2.18. The van der Waals surface area contributed by atoms with Crippen LogP contribution in [0.15, 0.2) is 97.2 Å². The van der Waals surface area contributed by atoms with Crippen molar-refractivity contribution < 1.29 is 14.7 Å². The number of carbonyl (C=O) groups excluding carboxylic acids is 1. The number of fused-ring (bicyclic) bond motifs is 1. The molecule has 0 radical (unpaired) electrons. The Bertz CT molecular complexity index is 1690. The second-order valence-corrected chi connectivity index (χ2v) is 9.14. The monoisotopic (exact) mass is 502 g/mol. The molecule has 7 nitrogen and oxygen atoms in total. The number of amidine groups is 1. The Morgan fingerprint density at radius 2 is 1.55 bits per heavy atom. The number of carboxylic acids is 1. The van der Waals surface area contributed by atoms with Crippen LogP contribution in [0, 0.1) is 5.41 Å². The third kappa shape index (κ3) is 4.65. The lowest BCUT2D eigenvalue weighted by atomic mass is 9.88. The van der Waals surface area contributed by atoms with Crippen LogP contribution in [0.4, 0.5) is 0 Å². The molecule has 0 bridgehead atoms. The minimum absolute atomic E-state index is 0.0411. The van der Waals surface area contributed by atoms with Gasteiger partial charge in [-0.25, -0.2) is 4.79 Å². The van der Waals surface area contributed by atoms with E-state index in [0.717, 1.165) is 27.6 Å². The summed E-state index contributed by atoms with van der Waals surface area (Å²) >= 11 is 0. The van der Waals surface area contributed by atoms with Gasteiger partial charge in [0.05, 0.1) is 5.56 Å². The largest absolute Gasteiger partial charge is 0.478 e. The normalized spacial score (nSPS) is 10.9. The molecular formula is C31H26N4O3. The van der Waals surface area contributed by atoms with Crippen LogP contribution < -0.4 is 11.5 Å². The minimum atomic E-state index is -1.13. The van der Waals surface area contributed by atoms with Crippen molar-refractivity contribution in [2.45, 2.75) is 13.0 Å². The van der Waals surface area contributed by atoms with Crippen molar-refractivity contribution in [2.75, 3.05) is 0 Å². The van der Waals surface area contributed by atoms with E-state index in [0.29, 0.717) is 23.2 Å². The fourth-order valence-electron chi connectivity index (χ4n) is 4.94. The van der Waals surface area contributed by atoms with Gasteiger partial charge in [0.25, 0.3) is 0 Å². The van der Waals surface area contributed by atoms with Crippen molar-refractivity contribution in [1.82, 2.24) is 4.57 Å². The second-order valence-electron chi connectivity index (χ2n) is 9.14. The van der Waals surface area contributed by atoms with Crippen LogP contribution in [0.2, 0.25) is 0 Å². The van der Waals surface area contributed by atoms with Gasteiger partial charge in [-0.2, -0.15) is 0 Å². The molecule has 0 aliphatic rings. The van der Waals surface area contributed by atoms with Crippen molar-refractivity contribution in [3.05, 3.63) is 131 Å². The van der Waals surface area contributed by atoms with Crippen molar-refractivity contribution in [3.8, 4) is 11.1 Å². The molecule has 0 aliphatic heterocycles. The first kappa shape index (κ1) is 24.5. The van der Waals surface area contributed by atoms with E-state index in [2.05, 4.69) is 4.57 Å². The van der Waals surface area contributed by atoms with E-state index in [9.17, 15) is 14.7 Å². The fourth-order valence-corrected chi connectivity index (χ4v) is 4.94. The first-order chi connectivity index (χ1) is 18.3. The molecule has 1 heterocycles. The Hall–Kier alpha value is -5.17. The van der Waals surface area contributed by atoms with Crippen LogP contribution in [0.3, 0.4) is 0 Å². The average Bonchev–Trinajstić information content (AvgIpc) is 3.25. The molecule has 0 saturated heterocycles. The Balaban J connectivity index is 1.71. The lowest BCUT2D eigenvalue weighted by molar-refractivity contribution is 0.0696. The number of primary amides is 1. The van der Waals surface area contributed by atoms with E-state index in [1.165, 1.54) is 0 Å². The first-order valence-corrected chi connectivity index (χ1v) is 12.1. The van der Waals surface area contributed by atoms with Crippen molar-refractivity contribution in [1.29, 1.82) is 5.41 Å². The van der Waals surface area contributed by atoms with E-state index in [1.54, 1.807) is 18.2 Å². The Labute approximate surface area is 219 Å². The molecule has 1 amide bonds. The molecule has 5 rings (SSSR count). The van der Waals surface area contributed by atoms with E-state index >= 15 is 0 Å². The Morgan fingerprint density at radius 1 is 0.868 bits per heavy atom. The number of carbonyl (C=O) groups is 2. The Morgan fingerprint density at radius 3 is 2.18 bits per heavy atom. The summed E-state index contributed by atoms with van der Waals surface area (Å²) in [5.41, 5.74) is 16.7. The molecule has 5 aromatic rings. The van der Waals surface area contributed by atoms with Crippen LogP contribution in [-0.2, 0) is 13.0 Å². The summed E-state index contributed by atoms with van der Waals surface area (Å²) in [5.74, 6) is -1.86. The standard InChI is InChI=1S/C31H26N4O3/c32-29(33)21-11-12-23-22(18-35(27(23)16-21)17-19-7-3-1-4-8-19)15-26-25(30(34)36)14-13-24(28(26)31(37)38)20-9-5-2-6-10-20/h1-14,16,18H,15,17H2,(H3,32,33)(H2,34,36)(H,37,38). The van der Waals surface area contributed by atoms with Crippen molar-refractivity contribution in [2.24, 2.45) is 11.5 Å². The number of carboxylic acid groups (broad SMARTS) is 1. The van der Waals surface area contributed by atoms with Gasteiger partial charge < -0.3 is 21.1 Å². The molecule has 0 atom stereocenters. The van der Waals surface area contributed by atoms with Gasteiger partial charge in [0.15, 0.2) is 0 Å². The summed E-state index contributed by atoms with van der Waals surface area (Å²) in [4.78, 5) is 25.1. The highest BCUT2D eigenvalue weighted by molar-refractivity contribution is 6.04. The zero-order valence-corrected chi connectivity index (χ0v) is 20.5. The quantitative estimate of drug-likeness (QED) is 0.175. The smallest absolute Gasteiger partial charge is 0.336 e. The number of aromatic nitrogens is 1. The number of hydrogen-bond donors (Lipinski definition) is 4. The molecule has 6 N–H and O–H groups in total. The predicted octanol–water partition coefficient (Wildman–Crippen LogP) is 5.03. The van der Waals surface area contributed by atoms with Gasteiger partial charge in [0.2, 0.25) is 5.91 Å².